The van der Waals surface area contributed by atoms with E-state index < -0.39 is 5.91 Å². The van der Waals surface area contributed by atoms with Crippen molar-refractivity contribution in [3.05, 3.63) is 34.6 Å². The van der Waals surface area contributed by atoms with Crippen LogP contribution >= 0.6 is 0 Å². The molecule has 122 valence electrons. The first-order valence-corrected chi connectivity index (χ1v) is 7.71. The van der Waals surface area contributed by atoms with E-state index in [1.807, 2.05) is 0 Å². The van der Waals surface area contributed by atoms with Gasteiger partial charge in [-0.3, -0.25) is 14.9 Å². The highest BCUT2D eigenvalue weighted by Crippen LogP contribution is 2.23. The molecule has 6 heteroatoms. The number of halogens is 1. The molecule has 5 nitrogen and oxygen atoms in total. The summed E-state index contributed by atoms with van der Waals surface area (Å²) in [6, 6.07) is 2.82. The zero-order chi connectivity index (χ0) is 15.9. The number of nitrogens with zero attached hydrogens (tertiary/aromatic N) is 1. The van der Waals surface area contributed by atoms with Crippen molar-refractivity contribution in [2.45, 2.75) is 32.7 Å². The van der Waals surface area contributed by atoms with Crippen molar-refractivity contribution in [3.8, 4) is 0 Å². The van der Waals surface area contributed by atoms with Gasteiger partial charge in [0.1, 0.15) is 5.82 Å². The van der Waals surface area contributed by atoms with E-state index in [1.54, 1.807) is 11.5 Å². The first kappa shape index (κ1) is 16.9. The molecule has 0 radical (unpaired) electrons. The Morgan fingerprint density at radius 3 is 3.00 bits per heavy atom. The summed E-state index contributed by atoms with van der Waals surface area (Å²) in [7, 11) is 0. The number of nitrogens with one attached hydrogen (secondary N) is 1. The van der Waals surface area contributed by atoms with Crippen LogP contribution in [0.5, 0.6) is 0 Å². The Hall–Kier alpha value is -1.50. The lowest BCUT2D eigenvalue weighted by atomic mass is 9.96. The van der Waals surface area contributed by atoms with Crippen LogP contribution in [0.25, 0.3) is 0 Å². The largest absolute Gasteiger partial charge is 0.380 e. The fourth-order valence-electron chi connectivity index (χ4n) is 2.63. The first-order valence-electron chi connectivity index (χ1n) is 7.71. The smallest absolute Gasteiger partial charge is 0.274 e. The number of carbonyl (C=O) groups is 1. The number of hydroxylamine groups is 1. The zero-order valence-corrected chi connectivity index (χ0v) is 12.9. The molecule has 22 heavy (non-hydrogen) atoms. The van der Waals surface area contributed by atoms with Gasteiger partial charge in [-0.2, -0.15) is 0 Å². The molecule has 0 saturated heterocycles. The summed E-state index contributed by atoms with van der Waals surface area (Å²) in [4.78, 5) is 13.6. The number of hydrogen-bond donors (Lipinski definition) is 2. The topological polar surface area (TPSA) is 61.8 Å². The third-order valence-corrected chi connectivity index (χ3v) is 3.92. The van der Waals surface area contributed by atoms with Gasteiger partial charge in [0.05, 0.1) is 6.61 Å². The van der Waals surface area contributed by atoms with Gasteiger partial charge in [0.2, 0.25) is 0 Å². The maximum atomic E-state index is 14.0. The van der Waals surface area contributed by atoms with Crippen molar-refractivity contribution >= 4 is 5.91 Å². The number of unbranched alkanes of at least 4 members (excludes halogenated alkanes) is 1. The molecule has 0 spiro atoms. The summed E-state index contributed by atoms with van der Waals surface area (Å²) in [5.41, 5.74) is 3.15. The lowest BCUT2D eigenvalue weighted by molar-refractivity contribution is 0.0705. The van der Waals surface area contributed by atoms with Crippen LogP contribution in [0.1, 0.15) is 41.3 Å². The number of hydrogen-bond acceptors (Lipinski definition) is 4. The van der Waals surface area contributed by atoms with Crippen molar-refractivity contribution in [1.29, 1.82) is 0 Å². The number of ether oxygens (including phenoxy) is 1. The zero-order valence-electron chi connectivity index (χ0n) is 12.9. The van der Waals surface area contributed by atoms with E-state index in [0.717, 1.165) is 38.1 Å². The average Bonchev–Trinajstić information content (AvgIpc) is 2.53. The standard InChI is InChI=1S/C16H23FN2O3/c1-2-3-7-22-8-6-19-5-4-14-13(11-19)9-12(10-15(14)17)16(20)18-21/h9-10,21H,2-8,11H2,1H3,(H,18,20). The van der Waals surface area contributed by atoms with E-state index in [0.29, 0.717) is 25.1 Å². The molecule has 0 fully saturated rings. The minimum Gasteiger partial charge on any atom is -0.380 e. The Balaban J connectivity index is 1.96. The van der Waals surface area contributed by atoms with Crippen LogP contribution in [0.15, 0.2) is 12.1 Å². The molecule has 1 aliphatic rings. The molecule has 2 rings (SSSR count). The van der Waals surface area contributed by atoms with Gasteiger partial charge in [-0.1, -0.05) is 13.3 Å². The van der Waals surface area contributed by atoms with Gasteiger partial charge in [-0.05, 0) is 36.1 Å². The van der Waals surface area contributed by atoms with Gasteiger partial charge in [-0.25, -0.2) is 9.87 Å². The molecule has 1 amide bonds. The van der Waals surface area contributed by atoms with Crippen molar-refractivity contribution in [1.82, 2.24) is 10.4 Å². The fourth-order valence-corrected chi connectivity index (χ4v) is 2.63. The SMILES string of the molecule is CCCCOCCN1CCc2c(F)cc(C(=O)NO)cc2C1. The number of carbonyl (C=O) groups excluding carboxylic acids is 1. The second kappa shape index (κ2) is 8.22. The van der Waals surface area contributed by atoms with Crippen LogP contribution in [-0.2, 0) is 17.7 Å². The van der Waals surface area contributed by atoms with E-state index in [9.17, 15) is 9.18 Å². The molecule has 0 saturated carbocycles. The normalized spacial score (nSPS) is 14.7. The molecule has 1 aromatic carbocycles. The van der Waals surface area contributed by atoms with E-state index in [2.05, 4.69) is 11.8 Å². The van der Waals surface area contributed by atoms with Crippen molar-refractivity contribution in [2.75, 3.05) is 26.3 Å². The van der Waals surface area contributed by atoms with E-state index >= 15 is 0 Å². The maximum absolute atomic E-state index is 14.0. The summed E-state index contributed by atoms with van der Waals surface area (Å²) in [6.45, 7) is 5.73. The molecule has 0 atom stereocenters. The summed E-state index contributed by atoms with van der Waals surface area (Å²) in [6.07, 6.45) is 2.80. The van der Waals surface area contributed by atoms with Crippen LogP contribution < -0.4 is 5.48 Å². The van der Waals surface area contributed by atoms with Crippen LogP contribution in [0, 0.1) is 5.82 Å². The summed E-state index contributed by atoms with van der Waals surface area (Å²) < 4.78 is 19.6. The Bertz CT molecular complexity index is 522. The van der Waals surface area contributed by atoms with E-state index in [1.165, 1.54) is 6.07 Å². The highest BCUT2D eigenvalue weighted by atomic mass is 19.1. The molecule has 0 aromatic heterocycles. The average molecular weight is 310 g/mol. The molecule has 1 heterocycles. The van der Waals surface area contributed by atoms with E-state index in [4.69, 9.17) is 9.94 Å². The van der Waals surface area contributed by atoms with Crippen LogP contribution in [0.3, 0.4) is 0 Å². The second-order valence-corrected chi connectivity index (χ2v) is 5.53. The quantitative estimate of drug-likeness (QED) is 0.460. The number of benzene rings is 1. The minimum atomic E-state index is -0.693. The molecule has 0 bridgehead atoms. The van der Waals surface area contributed by atoms with Gasteiger partial charge < -0.3 is 4.74 Å². The predicted molar refractivity (Wildman–Crippen MR) is 80.4 cm³/mol. The van der Waals surface area contributed by atoms with Crippen molar-refractivity contribution < 1.29 is 19.1 Å². The lowest BCUT2D eigenvalue weighted by Crippen LogP contribution is -2.34. The van der Waals surface area contributed by atoms with Gasteiger partial charge in [0.15, 0.2) is 0 Å². The summed E-state index contributed by atoms with van der Waals surface area (Å²) in [5, 5.41) is 8.67. The number of amides is 1. The molecule has 1 aliphatic heterocycles. The van der Waals surface area contributed by atoms with Crippen LogP contribution in [-0.4, -0.2) is 42.3 Å². The van der Waals surface area contributed by atoms with Crippen LogP contribution in [0.2, 0.25) is 0 Å². The Morgan fingerprint density at radius 2 is 2.27 bits per heavy atom. The van der Waals surface area contributed by atoms with Gasteiger partial charge in [0.25, 0.3) is 5.91 Å². The monoisotopic (exact) mass is 310 g/mol. The highest BCUT2D eigenvalue weighted by molar-refractivity contribution is 5.93. The third kappa shape index (κ3) is 4.25. The molecular weight excluding hydrogens is 287 g/mol. The first-order chi connectivity index (χ1) is 10.7. The van der Waals surface area contributed by atoms with E-state index in [-0.39, 0.29) is 11.4 Å². The molecule has 1 aromatic rings. The van der Waals surface area contributed by atoms with Gasteiger partial charge in [0, 0.05) is 31.8 Å². The Morgan fingerprint density at radius 1 is 1.45 bits per heavy atom. The van der Waals surface area contributed by atoms with Crippen LogP contribution in [0.4, 0.5) is 4.39 Å². The maximum Gasteiger partial charge on any atom is 0.274 e. The fraction of sp³-hybridized carbons (Fsp3) is 0.562. The van der Waals surface area contributed by atoms with Gasteiger partial charge in [-0.15, -0.1) is 0 Å². The molecule has 2 N–H and O–H groups in total. The highest BCUT2D eigenvalue weighted by Gasteiger charge is 2.21. The van der Waals surface area contributed by atoms with Crippen molar-refractivity contribution in [3.63, 3.8) is 0 Å². The Kier molecular flexibility index (Phi) is 6.30. The summed E-state index contributed by atoms with van der Waals surface area (Å²) in [5.74, 6) is -1.07. The van der Waals surface area contributed by atoms with Crippen molar-refractivity contribution in [2.24, 2.45) is 0 Å². The molecular formula is C16H23FN2O3. The molecule has 0 unspecified atom stereocenters. The minimum absolute atomic E-state index is 0.139. The summed E-state index contributed by atoms with van der Waals surface area (Å²) >= 11 is 0. The molecule has 0 aliphatic carbocycles. The lowest BCUT2D eigenvalue weighted by Gasteiger charge is -2.29. The number of fused-ring (bicyclic) bond motifs is 1. The second-order valence-electron chi connectivity index (χ2n) is 5.53. The van der Waals surface area contributed by atoms with Gasteiger partial charge >= 0.3 is 0 Å². The number of rotatable bonds is 7. The predicted octanol–water partition coefficient (Wildman–Crippen LogP) is 2.12. The Labute approximate surface area is 130 Å². The third-order valence-electron chi connectivity index (χ3n) is 3.92.